The van der Waals surface area contributed by atoms with Crippen LogP contribution in [0.4, 0.5) is 0 Å². The SMILES string of the molecule is Cc1cccc(S(=O)(=O)N2CCCCC2CNC2CC2)c1. The van der Waals surface area contributed by atoms with Crippen molar-refractivity contribution in [2.24, 2.45) is 0 Å². The van der Waals surface area contributed by atoms with E-state index in [0.717, 1.165) is 31.4 Å². The number of hydrogen-bond donors (Lipinski definition) is 1. The van der Waals surface area contributed by atoms with Crippen LogP contribution in [0.1, 0.15) is 37.7 Å². The molecule has 0 aromatic heterocycles. The molecule has 0 radical (unpaired) electrons. The molecule has 1 aliphatic heterocycles. The van der Waals surface area contributed by atoms with Gasteiger partial charge in [-0.1, -0.05) is 18.6 Å². The Bertz CT molecular complexity index is 596. The molecule has 1 saturated heterocycles. The van der Waals surface area contributed by atoms with Gasteiger partial charge < -0.3 is 5.32 Å². The minimum Gasteiger partial charge on any atom is -0.312 e. The van der Waals surface area contributed by atoms with Crippen molar-refractivity contribution >= 4 is 10.0 Å². The number of rotatable bonds is 5. The summed E-state index contributed by atoms with van der Waals surface area (Å²) in [6, 6.07) is 7.96. The van der Waals surface area contributed by atoms with E-state index < -0.39 is 10.0 Å². The molecule has 0 bridgehead atoms. The summed E-state index contributed by atoms with van der Waals surface area (Å²) in [5, 5.41) is 3.49. The standard InChI is InChI=1S/C16H24N2O2S/c1-13-5-4-7-16(11-13)21(19,20)18-10-3-2-6-15(18)12-17-14-8-9-14/h4-5,7,11,14-15,17H,2-3,6,8-10,12H2,1H3. The maximum atomic E-state index is 12.9. The van der Waals surface area contributed by atoms with Crippen molar-refractivity contribution in [3.05, 3.63) is 29.8 Å². The highest BCUT2D eigenvalue weighted by Crippen LogP contribution is 2.26. The summed E-state index contributed by atoms with van der Waals surface area (Å²) < 4.78 is 27.5. The molecule has 1 N–H and O–H groups in total. The van der Waals surface area contributed by atoms with Crippen molar-refractivity contribution in [2.45, 2.75) is 56.0 Å². The fourth-order valence-corrected chi connectivity index (χ4v) is 4.79. The molecular formula is C16H24N2O2S. The lowest BCUT2D eigenvalue weighted by Crippen LogP contribution is -2.48. The van der Waals surface area contributed by atoms with Crippen molar-refractivity contribution in [1.82, 2.24) is 9.62 Å². The molecule has 21 heavy (non-hydrogen) atoms. The van der Waals surface area contributed by atoms with Crippen LogP contribution >= 0.6 is 0 Å². The summed E-state index contributed by atoms with van der Waals surface area (Å²) in [6.07, 6.45) is 5.52. The smallest absolute Gasteiger partial charge is 0.243 e. The van der Waals surface area contributed by atoms with Crippen LogP contribution in [0.15, 0.2) is 29.2 Å². The molecule has 3 rings (SSSR count). The minimum absolute atomic E-state index is 0.102. The Morgan fingerprint density at radius 1 is 1.24 bits per heavy atom. The topological polar surface area (TPSA) is 49.4 Å². The largest absolute Gasteiger partial charge is 0.312 e. The Balaban J connectivity index is 1.80. The first-order chi connectivity index (χ1) is 10.1. The highest BCUT2D eigenvalue weighted by Gasteiger charge is 2.34. The highest BCUT2D eigenvalue weighted by atomic mass is 32.2. The van der Waals surface area contributed by atoms with Gasteiger partial charge in [0.25, 0.3) is 0 Å². The van der Waals surface area contributed by atoms with Gasteiger partial charge in [0.05, 0.1) is 4.90 Å². The second kappa shape index (κ2) is 6.07. The van der Waals surface area contributed by atoms with Crippen molar-refractivity contribution in [1.29, 1.82) is 0 Å². The maximum absolute atomic E-state index is 12.9. The van der Waals surface area contributed by atoms with Crippen LogP contribution in [-0.4, -0.2) is 37.9 Å². The Kier molecular flexibility index (Phi) is 4.33. The Morgan fingerprint density at radius 2 is 2.05 bits per heavy atom. The number of nitrogens with zero attached hydrogens (tertiary/aromatic N) is 1. The third-order valence-electron chi connectivity index (χ3n) is 4.39. The predicted molar refractivity (Wildman–Crippen MR) is 83.7 cm³/mol. The normalized spacial score (nSPS) is 24.1. The van der Waals surface area contributed by atoms with E-state index >= 15 is 0 Å². The van der Waals surface area contributed by atoms with E-state index in [-0.39, 0.29) is 6.04 Å². The van der Waals surface area contributed by atoms with Gasteiger partial charge in [0, 0.05) is 25.2 Å². The molecular weight excluding hydrogens is 284 g/mol. The molecule has 0 spiro atoms. The molecule has 1 atom stereocenters. The number of sulfonamides is 1. The quantitative estimate of drug-likeness (QED) is 0.908. The summed E-state index contributed by atoms with van der Waals surface area (Å²) in [4.78, 5) is 0.431. The average Bonchev–Trinajstić information content (AvgIpc) is 3.29. The minimum atomic E-state index is -3.37. The first-order valence-electron chi connectivity index (χ1n) is 7.89. The summed E-state index contributed by atoms with van der Waals surface area (Å²) in [5.41, 5.74) is 0.987. The fourth-order valence-electron chi connectivity index (χ4n) is 3.00. The average molecular weight is 308 g/mol. The van der Waals surface area contributed by atoms with Crippen molar-refractivity contribution in [2.75, 3.05) is 13.1 Å². The molecule has 1 saturated carbocycles. The Labute approximate surface area is 127 Å². The van der Waals surface area contributed by atoms with Crippen LogP contribution in [0.5, 0.6) is 0 Å². The van der Waals surface area contributed by atoms with Gasteiger partial charge in [-0.25, -0.2) is 8.42 Å². The van der Waals surface area contributed by atoms with Gasteiger partial charge in [0.2, 0.25) is 10.0 Å². The molecule has 1 aromatic carbocycles. The van der Waals surface area contributed by atoms with Gasteiger partial charge in [-0.3, -0.25) is 0 Å². The first-order valence-corrected chi connectivity index (χ1v) is 9.33. The van der Waals surface area contributed by atoms with Gasteiger partial charge in [0.1, 0.15) is 0 Å². The molecule has 1 aromatic rings. The third-order valence-corrected chi connectivity index (χ3v) is 6.34. The molecule has 1 aliphatic carbocycles. The number of piperidine rings is 1. The van der Waals surface area contributed by atoms with E-state index in [1.807, 2.05) is 19.1 Å². The highest BCUT2D eigenvalue weighted by molar-refractivity contribution is 7.89. The Morgan fingerprint density at radius 3 is 2.76 bits per heavy atom. The Hall–Kier alpha value is -0.910. The van der Waals surface area contributed by atoms with Crippen LogP contribution in [0.25, 0.3) is 0 Å². The lowest BCUT2D eigenvalue weighted by molar-refractivity contribution is 0.245. The number of aryl methyl sites for hydroxylation is 1. The van der Waals surface area contributed by atoms with E-state index in [2.05, 4.69) is 5.32 Å². The van der Waals surface area contributed by atoms with E-state index in [1.165, 1.54) is 12.8 Å². The lowest BCUT2D eigenvalue weighted by Gasteiger charge is -2.35. The van der Waals surface area contributed by atoms with Gasteiger partial charge in [0.15, 0.2) is 0 Å². The number of benzene rings is 1. The second-order valence-corrected chi connectivity index (χ2v) is 8.15. The zero-order valence-corrected chi connectivity index (χ0v) is 13.4. The van der Waals surface area contributed by atoms with Crippen LogP contribution in [0, 0.1) is 6.92 Å². The molecule has 2 fully saturated rings. The van der Waals surface area contributed by atoms with Crippen LogP contribution in [0.3, 0.4) is 0 Å². The molecule has 0 amide bonds. The molecule has 1 unspecified atom stereocenters. The number of nitrogens with one attached hydrogen (secondary N) is 1. The van der Waals surface area contributed by atoms with E-state index in [1.54, 1.807) is 16.4 Å². The van der Waals surface area contributed by atoms with Crippen LogP contribution in [0.2, 0.25) is 0 Å². The molecule has 2 aliphatic rings. The molecule has 5 heteroatoms. The molecule has 4 nitrogen and oxygen atoms in total. The molecule has 1 heterocycles. The summed E-state index contributed by atoms with van der Waals surface area (Å²) in [6.45, 7) is 3.37. The van der Waals surface area contributed by atoms with Crippen molar-refractivity contribution < 1.29 is 8.42 Å². The van der Waals surface area contributed by atoms with E-state index in [9.17, 15) is 8.42 Å². The van der Waals surface area contributed by atoms with E-state index in [0.29, 0.717) is 17.5 Å². The zero-order valence-electron chi connectivity index (χ0n) is 12.6. The van der Waals surface area contributed by atoms with Crippen molar-refractivity contribution in [3.8, 4) is 0 Å². The number of hydrogen-bond acceptors (Lipinski definition) is 3. The van der Waals surface area contributed by atoms with Gasteiger partial charge in [-0.15, -0.1) is 0 Å². The molecule has 116 valence electrons. The first kappa shape index (κ1) is 15.0. The zero-order chi connectivity index (χ0) is 14.9. The van der Waals surface area contributed by atoms with Gasteiger partial charge in [-0.05, 0) is 50.3 Å². The fraction of sp³-hybridized carbons (Fsp3) is 0.625. The van der Waals surface area contributed by atoms with Crippen LogP contribution < -0.4 is 5.32 Å². The van der Waals surface area contributed by atoms with Crippen molar-refractivity contribution in [3.63, 3.8) is 0 Å². The van der Waals surface area contributed by atoms with E-state index in [4.69, 9.17) is 0 Å². The third kappa shape index (κ3) is 3.47. The maximum Gasteiger partial charge on any atom is 0.243 e. The monoisotopic (exact) mass is 308 g/mol. The van der Waals surface area contributed by atoms with Gasteiger partial charge >= 0.3 is 0 Å². The van der Waals surface area contributed by atoms with Crippen LogP contribution in [-0.2, 0) is 10.0 Å². The predicted octanol–water partition coefficient (Wildman–Crippen LogP) is 2.29. The summed E-state index contributed by atoms with van der Waals surface area (Å²) in [7, 11) is -3.37. The van der Waals surface area contributed by atoms with Gasteiger partial charge in [-0.2, -0.15) is 4.31 Å². The second-order valence-electron chi connectivity index (χ2n) is 6.26. The lowest BCUT2D eigenvalue weighted by atomic mass is 10.1. The summed E-state index contributed by atoms with van der Waals surface area (Å²) in [5.74, 6) is 0. The summed E-state index contributed by atoms with van der Waals surface area (Å²) >= 11 is 0.